The summed E-state index contributed by atoms with van der Waals surface area (Å²) in [4.78, 5) is 12.5. The summed E-state index contributed by atoms with van der Waals surface area (Å²) < 4.78 is 0. The zero-order valence-electron chi connectivity index (χ0n) is 41.7. The summed E-state index contributed by atoms with van der Waals surface area (Å²) in [6.07, 6.45) is 70.5. The van der Waals surface area contributed by atoms with Gasteiger partial charge in [0.25, 0.3) is 0 Å². The monoisotopic (exact) mass is 858 g/mol. The number of hydrogen-bond acceptors (Lipinski definition) is 3. The zero-order chi connectivity index (χ0) is 44.2. The highest BCUT2D eigenvalue weighted by molar-refractivity contribution is 5.76. The van der Waals surface area contributed by atoms with Crippen LogP contribution >= 0.6 is 0 Å². The standard InChI is InChI=1S/C57H111NO3/c1-3-5-7-9-11-13-15-17-19-21-23-25-27-29-31-33-35-37-39-41-43-45-47-49-51-53-57(61)58-55(54-59)56(60)52-50-48-46-44-42-40-38-36-34-32-30-28-26-24-22-20-18-16-14-12-10-8-6-4-2/h21,23,50,52,55-56,59-60H,3-20,22,24-49,51,53-54H2,1-2H3,(H,58,61)/b23-21-,52-50+. The molecule has 0 fully saturated rings. The Morgan fingerprint density at radius 2 is 0.623 bits per heavy atom. The van der Waals surface area contributed by atoms with Gasteiger partial charge in [-0.25, -0.2) is 0 Å². The highest BCUT2D eigenvalue weighted by Gasteiger charge is 2.18. The Hall–Kier alpha value is -1.13. The molecule has 0 aliphatic heterocycles. The molecule has 362 valence electrons. The van der Waals surface area contributed by atoms with Crippen molar-refractivity contribution >= 4 is 5.91 Å². The predicted molar refractivity (Wildman–Crippen MR) is 272 cm³/mol. The Labute approximate surface area is 383 Å². The van der Waals surface area contributed by atoms with Crippen LogP contribution in [0.1, 0.15) is 316 Å². The van der Waals surface area contributed by atoms with E-state index in [2.05, 4.69) is 31.3 Å². The van der Waals surface area contributed by atoms with Gasteiger partial charge < -0.3 is 15.5 Å². The third-order valence-corrected chi connectivity index (χ3v) is 13.2. The van der Waals surface area contributed by atoms with Crippen LogP contribution in [0.3, 0.4) is 0 Å². The van der Waals surface area contributed by atoms with Crippen molar-refractivity contribution in [1.29, 1.82) is 0 Å². The molecule has 0 saturated carbocycles. The van der Waals surface area contributed by atoms with E-state index in [1.54, 1.807) is 6.08 Å². The summed E-state index contributed by atoms with van der Waals surface area (Å²) in [6, 6.07) is -0.621. The van der Waals surface area contributed by atoms with Crippen LogP contribution in [0.2, 0.25) is 0 Å². The summed E-state index contributed by atoms with van der Waals surface area (Å²) >= 11 is 0. The molecule has 4 nitrogen and oxygen atoms in total. The summed E-state index contributed by atoms with van der Waals surface area (Å²) in [7, 11) is 0. The minimum atomic E-state index is -0.838. The Morgan fingerprint density at radius 1 is 0.377 bits per heavy atom. The Morgan fingerprint density at radius 3 is 0.902 bits per heavy atom. The lowest BCUT2D eigenvalue weighted by atomic mass is 10.0. The van der Waals surface area contributed by atoms with Crippen LogP contribution in [0.4, 0.5) is 0 Å². The number of aliphatic hydroxyl groups is 2. The maximum Gasteiger partial charge on any atom is 0.220 e. The quantitative estimate of drug-likeness (QED) is 0.0422. The van der Waals surface area contributed by atoms with E-state index < -0.39 is 12.1 Å². The Kier molecular flexibility index (Phi) is 52.2. The minimum absolute atomic E-state index is 0.0587. The van der Waals surface area contributed by atoms with Crippen molar-refractivity contribution < 1.29 is 15.0 Å². The number of carbonyl (C=O) groups excluding carboxylic acids is 1. The molecule has 2 unspecified atom stereocenters. The molecule has 0 bridgehead atoms. The minimum Gasteiger partial charge on any atom is -0.394 e. The van der Waals surface area contributed by atoms with Gasteiger partial charge >= 0.3 is 0 Å². The fraction of sp³-hybridized carbons (Fsp3) is 0.912. The van der Waals surface area contributed by atoms with Crippen LogP contribution < -0.4 is 5.32 Å². The van der Waals surface area contributed by atoms with E-state index in [1.807, 2.05) is 6.08 Å². The first-order valence-corrected chi connectivity index (χ1v) is 28.1. The number of carbonyl (C=O) groups is 1. The van der Waals surface area contributed by atoms with Crippen LogP contribution in [0.25, 0.3) is 0 Å². The van der Waals surface area contributed by atoms with Crippen LogP contribution in [-0.4, -0.2) is 34.9 Å². The molecule has 0 spiro atoms. The summed E-state index contributed by atoms with van der Waals surface area (Å²) in [5, 5.41) is 23.2. The van der Waals surface area contributed by atoms with Gasteiger partial charge in [-0.3, -0.25) is 4.79 Å². The van der Waals surface area contributed by atoms with Crippen molar-refractivity contribution in [3.05, 3.63) is 24.3 Å². The van der Waals surface area contributed by atoms with E-state index in [0.717, 1.165) is 25.7 Å². The largest absolute Gasteiger partial charge is 0.394 e. The van der Waals surface area contributed by atoms with Gasteiger partial charge in [-0.05, 0) is 44.9 Å². The van der Waals surface area contributed by atoms with Crippen LogP contribution in [0.15, 0.2) is 24.3 Å². The lowest BCUT2D eigenvalue weighted by Crippen LogP contribution is -2.45. The summed E-state index contributed by atoms with van der Waals surface area (Å²) in [5.74, 6) is -0.0587. The highest BCUT2D eigenvalue weighted by Crippen LogP contribution is 2.17. The summed E-state index contributed by atoms with van der Waals surface area (Å²) in [6.45, 7) is 4.34. The van der Waals surface area contributed by atoms with E-state index in [1.165, 1.54) is 270 Å². The maximum absolute atomic E-state index is 12.5. The lowest BCUT2D eigenvalue weighted by Gasteiger charge is -2.20. The second-order valence-corrected chi connectivity index (χ2v) is 19.4. The highest BCUT2D eigenvalue weighted by atomic mass is 16.3. The van der Waals surface area contributed by atoms with E-state index in [0.29, 0.717) is 6.42 Å². The van der Waals surface area contributed by atoms with Crippen molar-refractivity contribution in [3.8, 4) is 0 Å². The Bertz CT molecular complexity index is 886. The van der Waals surface area contributed by atoms with Gasteiger partial charge in [-0.15, -0.1) is 0 Å². The van der Waals surface area contributed by atoms with Crippen molar-refractivity contribution in [2.75, 3.05) is 6.61 Å². The van der Waals surface area contributed by atoms with E-state index in [9.17, 15) is 15.0 Å². The molecule has 0 aliphatic carbocycles. The number of nitrogens with one attached hydrogen (secondary N) is 1. The molecule has 0 aromatic heterocycles. The molecule has 0 radical (unpaired) electrons. The molecule has 3 N–H and O–H groups in total. The Balaban J connectivity index is 3.47. The molecular formula is C57H111NO3. The van der Waals surface area contributed by atoms with Crippen molar-refractivity contribution in [3.63, 3.8) is 0 Å². The van der Waals surface area contributed by atoms with Gasteiger partial charge in [0.05, 0.1) is 18.8 Å². The second kappa shape index (κ2) is 53.2. The van der Waals surface area contributed by atoms with E-state index in [4.69, 9.17) is 0 Å². The first-order chi connectivity index (χ1) is 30.2. The number of allylic oxidation sites excluding steroid dienone is 3. The molecule has 0 aliphatic rings. The number of aliphatic hydroxyl groups excluding tert-OH is 2. The average molecular weight is 859 g/mol. The third kappa shape index (κ3) is 49.7. The topological polar surface area (TPSA) is 69.6 Å². The first-order valence-electron chi connectivity index (χ1n) is 28.1. The lowest BCUT2D eigenvalue weighted by molar-refractivity contribution is -0.123. The molecule has 2 atom stereocenters. The van der Waals surface area contributed by atoms with E-state index in [-0.39, 0.29) is 12.5 Å². The SMILES string of the molecule is CCCCCCCCCC/C=C\CCCCCCCCCCCCCCCC(=O)NC(CO)C(O)/C=C/CCCCCCCCCCCCCCCCCCCCCCCC. The maximum atomic E-state index is 12.5. The number of unbranched alkanes of at least 4 members (excludes halogenated alkanes) is 43. The van der Waals surface area contributed by atoms with Gasteiger partial charge in [0.15, 0.2) is 0 Å². The molecular weight excluding hydrogens is 747 g/mol. The molecule has 0 aromatic rings. The number of rotatable bonds is 52. The van der Waals surface area contributed by atoms with Gasteiger partial charge in [-0.2, -0.15) is 0 Å². The fourth-order valence-electron chi connectivity index (χ4n) is 8.88. The van der Waals surface area contributed by atoms with Gasteiger partial charge in [0.2, 0.25) is 5.91 Å². The second-order valence-electron chi connectivity index (χ2n) is 19.4. The third-order valence-electron chi connectivity index (χ3n) is 13.2. The zero-order valence-corrected chi connectivity index (χ0v) is 41.7. The first kappa shape index (κ1) is 59.9. The molecule has 1 amide bonds. The normalized spacial score (nSPS) is 12.9. The van der Waals surface area contributed by atoms with Crippen LogP contribution in [-0.2, 0) is 4.79 Å². The fourth-order valence-corrected chi connectivity index (χ4v) is 8.88. The molecule has 0 saturated heterocycles. The number of hydrogen-bond donors (Lipinski definition) is 3. The smallest absolute Gasteiger partial charge is 0.220 e. The van der Waals surface area contributed by atoms with Crippen LogP contribution in [0, 0.1) is 0 Å². The molecule has 0 rings (SSSR count). The van der Waals surface area contributed by atoms with Crippen LogP contribution in [0.5, 0.6) is 0 Å². The average Bonchev–Trinajstić information content (AvgIpc) is 3.26. The molecule has 0 aromatic carbocycles. The van der Waals surface area contributed by atoms with Gasteiger partial charge in [-0.1, -0.05) is 289 Å². The summed E-state index contributed by atoms with van der Waals surface area (Å²) in [5.41, 5.74) is 0. The van der Waals surface area contributed by atoms with Crippen molar-refractivity contribution in [2.24, 2.45) is 0 Å². The van der Waals surface area contributed by atoms with Crippen molar-refractivity contribution in [1.82, 2.24) is 5.32 Å². The predicted octanol–water partition coefficient (Wildman–Crippen LogP) is 18.3. The molecule has 61 heavy (non-hydrogen) atoms. The van der Waals surface area contributed by atoms with Crippen molar-refractivity contribution in [2.45, 2.75) is 328 Å². The van der Waals surface area contributed by atoms with Gasteiger partial charge in [0, 0.05) is 6.42 Å². The molecule has 4 heteroatoms. The van der Waals surface area contributed by atoms with E-state index >= 15 is 0 Å². The molecule has 0 heterocycles. The van der Waals surface area contributed by atoms with Gasteiger partial charge in [0.1, 0.15) is 0 Å². The number of amides is 1.